The molecular formula is C11H17N7. The summed E-state index contributed by atoms with van der Waals surface area (Å²) in [6, 6.07) is 4.71. The third-order valence-electron chi connectivity index (χ3n) is 3.71. The van der Waals surface area contributed by atoms with Crippen LogP contribution < -0.4 is 10.6 Å². The molecule has 0 aromatic carbocycles. The molecule has 7 heteroatoms. The third kappa shape index (κ3) is 2.01. The summed E-state index contributed by atoms with van der Waals surface area (Å²) in [6.07, 6.45) is 4.41. The standard InChI is InChI=1S/C11H17N7/c1-17(9-4-2-8(12)3-5-9)11-7-6-10-13-15-16-18(10)14-11/h6-9H,2-5,12H2,1H3. The van der Waals surface area contributed by atoms with Gasteiger partial charge in [0.05, 0.1) is 0 Å². The molecule has 1 aliphatic carbocycles. The molecule has 0 spiro atoms. The Hall–Kier alpha value is -1.76. The van der Waals surface area contributed by atoms with Crippen molar-refractivity contribution >= 4 is 11.5 Å². The molecule has 0 unspecified atom stereocenters. The SMILES string of the molecule is CN(c1ccc2nnnn2n1)C1CCC(N)CC1. The Morgan fingerprint density at radius 2 is 2.06 bits per heavy atom. The van der Waals surface area contributed by atoms with Crippen LogP contribution in [0.5, 0.6) is 0 Å². The van der Waals surface area contributed by atoms with Crippen LogP contribution in [0.25, 0.3) is 5.65 Å². The predicted molar refractivity (Wildman–Crippen MR) is 67.2 cm³/mol. The van der Waals surface area contributed by atoms with E-state index in [1.807, 2.05) is 12.1 Å². The first-order chi connectivity index (χ1) is 8.74. The van der Waals surface area contributed by atoms with Gasteiger partial charge in [-0.25, -0.2) is 0 Å². The lowest BCUT2D eigenvalue weighted by molar-refractivity contribution is 0.383. The van der Waals surface area contributed by atoms with Crippen molar-refractivity contribution < 1.29 is 0 Å². The van der Waals surface area contributed by atoms with Crippen LogP contribution in [0.4, 0.5) is 5.82 Å². The maximum atomic E-state index is 5.93. The van der Waals surface area contributed by atoms with Gasteiger partial charge < -0.3 is 10.6 Å². The molecule has 0 aliphatic heterocycles. The third-order valence-corrected chi connectivity index (χ3v) is 3.71. The van der Waals surface area contributed by atoms with Gasteiger partial charge in [0.2, 0.25) is 0 Å². The van der Waals surface area contributed by atoms with Crippen LogP contribution in [0.3, 0.4) is 0 Å². The molecule has 1 fully saturated rings. The predicted octanol–water partition coefficient (Wildman–Crippen LogP) is 0.225. The van der Waals surface area contributed by atoms with Gasteiger partial charge in [0, 0.05) is 19.1 Å². The zero-order valence-electron chi connectivity index (χ0n) is 10.4. The largest absolute Gasteiger partial charge is 0.355 e. The summed E-state index contributed by atoms with van der Waals surface area (Å²) in [5.74, 6) is 0.898. The van der Waals surface area contributed by atoms with Gasteiger partial charge in [-0.3, -0.25) is 0 Å². The number of hydrogen-bond acceptors (Lipinski definition) is 6. The fourth-order valence-corrected chi connectivity index (χ4v) is 2.50. The lowest BCUT2D eigenvalue weighted by Gasteiger charge is -2.33. The highest BCUT2D eigenvalue weighted by atomic mass is 15.6. The van der Waals surface area contributed by atoms with Crippen LogP contribution >= 0.6 is 0 Å². The second kappa shape index (κ2) is 4.49. The highest BCUT2D eigenvalue weighted by Gasteiger charge is 2.23. The number of anilines is 1. The Morgan fingerprint density at radius 3 is 2.83 bits per heavy atom. The molecule has 96 valence electrons. The lowest BCUT2D eigenvalue weighted by atomic mass is 9.91. The van der Waals surface area contributed by atoms with Crippen molar-refractivity contribution in [3.63, 3.8) is 0 Å². The van der Waals surface area contributed by atoms with Gasteiger partial charge in [-0.1, -0.05) is 0 Å². The average molecular weight is 247 g/mol. The van der Waals surface area contributed by atoms with E-state index in [-0.39, 0.29) is 0 Å². The summed E-state index contributed by atoms with van der Waals surface area (Å²) >= 11 is 0. The van der Waals surface area contributed by atoms with Gasteiger partial charge in [-0.05, 0) is 48.2 Å². The van der Waals surface area contributed by atoms with Gasteiger partial charge >= 0.3 is 0 Å². The van der Waals surface area contributed by atoms with Crippen LogP contribution in [0.1, 0.15) is 25.7 Å². The highest BCUT2D eigenvalue weighted by molar-refractivity contribution is 5.44. The first-order valence-electron chi connectivity index (χ1n) is 6.28. The van der Waals surface area contributed by atoms with Crippen LogP contribution in [0, 0.1) is 0 Å². The first-order valence-corrected chi connectivity index (χ1v) is 6.28. The molecule has 2 aromatic rings. The Bertz CT molecular complexity index is 529. The summed E-state index contributed by atoms with van der Waals surface area (Å²) in [7, 11) is 2.07. The molecule has 2 aromatic heterocycles. The number of hydrogen-bond donors (Lipinski definition) is 1. The summed E-state index contributed by atoms with van der Waals surface area (Å²) in [6.45, 7) is 0. The Labute approximate surface area is 105 Å². The number of aromatic nitrogens is 5. The smallest absolute Gasteiger partial charge is 0.200 e. The average Bonchev–Trinajstić information content (AvgIpc) is 2.86. The zero-order valence-corrected chi connectivity index (χ0v) is 10.4. The molecule has 1 aliphatic rings. The molecule has 2 heterocycles. The number of nitrogens with zero attached hydrogens (tertiary/aromatic N) is 6. The number of nitrogens with two attached hydrogens (primary N) is 1. The lowest BCUT2D eigenvalue weighted by Crippen LogP contribution is -2.39. The van der Waals surface area contributed by atoms with Gasteiger partial charge in [0.25, 0.3) is 0 Å². The molecule has 0 amide bonds. The fraction of sp³-hybridized carbons (Fsp3) is 0.636. The molecule has 0 radical (unpaired) electrons. The maximum Gasteiger partial charge on any atom is 0.200 e. The summed E-state index contributed by atoms with van der Waals surface area (Å²) in [5.41, 5.74) is 6.60. The molecule has 1 saturated carbocycles. The van der Waals surface area contributed by atoms with Crippen molar-refractivity contribution in [2.24, 2.45) is 5.73 Å². The first kappa shape index (κ1) is 11.3. The summed E-state index contributed by atoms with van der Waals surface area (Å²) in [5, 5.41) is 15.7. The van der Waals surface area contributed by atoms with E-state index >= 15 is 0 Å². The van der Waals surface area contributed by atoms with E-state index in [1.54, 1.807) is 0 Å². The van der Waals surface area contributed by atoms with Crippen LogP contribution in [-0.4, -0.2) is 44.4 Å². The van der Waals surface area contributed by atoms with Crippen LogP contribution in [-0.2, 0) is 0 Å². The molecular weight excluding hydrogens is 230 g/mol. The zero-order chi connectivity index (χ0) is 12.5. The molecule has 0 saturated heterocycles. The topological polar surface area (TPSA) is 85.2 Å². The quantitative estimate of drug-likeness (QED) is 0.817. The van der Waals surface area contributed by atoms with Crippen molar-refractivity contribution in [1.29, 1.82) is 0 Å². The van der Waals surface area contributed by atoms with E-state index in [0.717, 1.165) is 31.5 Å². The van der Waals surface area contributed by atoms with Gasteiger partial charge in [-0.15, -0.1) is 14.8 Å². The van der Waals surface area contributed by atoms with Crippen molar-refractivity contribution in [3.8, 4) is 0 Å². The van der Waals surface area contributed by atoms with Gasteiger partial charge in [0.1, 0.15) is 0 Å². The fourth-order valence-electron chi connectivity index (χ4n) is 2.50. The van der Waals surface area contributed by atoms with E-state index in [0.29, 0.717) is 17.7 Å². The monoisotopic (exact) mass is 247 g/mol. The summed E-state index contributed by atoms with van der Waals surface area (Å²) < 4.78 is 1.46. The molecule has 18 heavy (non-hydrogen) atoms. The van der Waals surface area contributed by atoms with E-state index < -0.39 is 0 Å². The minimum atomic E-state index is 0.365. The second-order valence-corrected chi connectivity index (χ2v) is 4.90. The van der Waals surface area contributed by atoms with Crippen molar-refractivity contribution in [1.82, 2.24) is 25.3 Å². The number of fused-ring (bicyclic) bond motifs is 1. The Balaban J connectivity index is 1.80. The van der Waals surface area contributed by atoms with E-state index in [2.05, 4.69) is 32.6 Å². The van der Waals surface area contributed by atoms with E-state index in [9.17, 15) is 0 Å². The normalized spacial score (nSPS) is 24.3. The number of rotatable bonds is 2. The minimum absolute atomic E-state index is 0.365. The molecule has 3 rings (SSSR count). The van der Waals surface area contributed by atoms with E-state index in [1.165, 1.54) is 4.63 Å². The van der Waals surface area contributed by atoms with Crippen LogP contribution in [0.15, 0.2) is 12.1 Å². The summed E-state index contributed by atoms with van der Waals surface area (Å²) in [4.78, 5) is 2.20. The minimum Gasteiger partial charge on any atom is -0.355 e. The Morgan fingerprint density at radius 1 is 1.28 bits per heavy atom. The molecule has 7 nitrogen and oxygen atoms in total. The number of tetrazole rings is 1. The van der Waals surface area contributed by atoms with Crippen LogP contribution in [0.2, 0.25) is 0 Å². The maximum absolute atomic E-state index is 5.93. The molecule has 0 atom stereocenters. The highest BCUT2D eigenvalue weighted by Crippen LogP contribution is 2.24. The van der Waals surface area contributed by atoms with Gasteiger partial charge in [0.15, 0.2) is 11.5 Å². The van der Waals surface area contributed by atoms with E-state index in [4.69, 9.17) is 5.73 Å². The Kier molecular flexibility index (Phi) is 2.83. The molecule has 0 bridgehead atoms. The second-order valence-electron chi connectivity index (χ2n) is 4.90. The van der Waals surface area contributed by atoms with Crippen molar-refractivity contribution in [2.75, 3.05) is 11.9 Å². The van der Waals surface area contributed by atoms with Crippen molar-refractivity contribution in [2.45, 2.75) is 37.8 Å². The van der Waals surface area contributed by atoms with Crippen molar-refractivity contribution in [3.05, 3.63) is 12.1 Å². The van der Waals surface area contributed by atoms with Gasteiger partial charge in [-0.2, -0.15) is 0 Å². The molecule has 2 N–H and O–H groups in total.